The van der Waals surface area contributed by atoms with Crippen molar-refractivity contribution in [2.24, 2.45) is 0 Å². The monoisotopic (exact) mass is 191 g/mol. The number of hydrogen-bond acceptors (Lipinski definition) is 2. The molecule has 0 saturated heterocycles. The molecule has 0 aliphatic rings. The molecular weight excluding hydrogens is 186 g/mol. The lowest BCUT2D eigenvalue weighted by Gasteiger charge is -1.85. The van der Waals surface area contributed by atoms with Gasteiger partial charge < -0.3 is 5.73 Å². The van der Waals surface area contributed by atoms with Gasteiger partial charge in [0, 0.05) is 0 Å². The Hall–Kier alpha value is -0.0200. The van der Waals surface area contributed by atoms with Crippen LogP contribution < -0.4 is 5.73 Å². The van der Waals surface area contributed by atoms with Gasteiger partial charge in [0.05, 0.1) is 9.47 Å². The summed E-state index contributed by atoms with van der Waals surface area (Å²) >= 11 is 4.93. The van der Waals surface area contributed by atoms with Crippen molar-refractivity contribution in [3.8, 4) is 0 Å². The Balaban J connectivity index is 3.19. The lowest BCUT2D eigenvalue weighted by atomic mass is 10.3. The van der Waals surface area contributed by atoms with Gasteiger partial charge in [-0.2, -0.15) is 0 Å². The summed E-state index contributed by atoms with van der Waals surface area (Å²) in [6, 6.07) is 0. The van der Waals surface area contributed by atoms with Gasteiger partial charge in [0.15, 0.2) is 0 Å². The number of nitrogen functional groups attached to an aromatic ring is 1. The first-order valence-electron chi connectivity index (χ1n) is 2.21. The molecule has 44 valence electrons. The summed E-state index contributed by atoms with van der Waals surface area (Å²) in [6.07, 6.45) is 0. The Kier molecular flexibility index (Phi) is 1.58. The van der Waals surface area contributed by atoms with E-state index in [1.165, 1.54) is 0 Å². The molecule has 1 rings (SSSR count). The van der Waals surface area contributed by atoms with E-state index in [2.05, 4.69) is 15.9 Å². The summed E-state index contributed by atoms with van der Waals surface area (Å²) in [6.45, 7) is 2.00. The Labute approximate surface area is 60.6 Å². The van der Waals surface area contributed by atoms with Crippen LogP contribution in [0.5, 0.6) is 0 Å². The van der Waals surface area contributed by atoms with Gasteiger partial charge in [0.25, 0.3) is 0 Å². The minimum Gasteiger partial charge on any atom is -0.397 e. The standard InChI is InChI=1S/C5H6BrNS/c1-3-2-8-5(6)4(3)7/h2H,7H2,1H3. The average molecular weight is 192 g/mol. The first-order valence-corrected chi connectivity index (χ1v) is 3.88. The molecule has 0 atom stereocenters. The molecule has 0 amide bonds. The van der Waals surface area contributed by atoms with Crippen LogP contribution in [-0.4, -0.2) is 0 Å². The van der Waals surface area contributed by atoms with E-state index in [-0.39, 0.29) is 0 Å². The third-order valence-electron chi connectivity index (χ3n) is 0.976. The molecule has 0 aromatic carbocycles. The van der Waals surface area contributed by atoms with Crippen molar-refractivity contribution in [1.82, 2.24) is 0 Å². The van der Waals surface area contributed by atoms with Crippen LogP contribution in [-0.2, 0) is 0 Å². The van der Waals surface area contributed by atoms with Crippen molar-refractivity contribution >= 4 is 33.0 Å². The highest BCUT2D eigenvalue weighted by Crippen LogP contribution is 2.29. The normalized spacial score (nSPS) is 9.75. The van der Waals surface area contributed by atoms with Crippen molar-refractivity contribution < 1.29 is 0 Å². The molecule has 0 radical (unpaired) electrons. The molecule has 0 aliphatic carbocycles. The fourth-order valence-electron chi connectivity index (χ4n) is 0.422. The van der Waals surface area contributed by atoms with Gasteiger partial charge in [-0.25, -0.2) is 0 Å². The maximum atomic E-state index is 5.57. The molecule has 3 heteroatoms. The van der Waals surface area contributed by atoms with Crippen LogP contribution in [0, 0.1) is 6.92 Å². The number of aryl methyl sites for hydroxylation is 1. The smallest absolute Gasteiger partial charge is 0.0930 e. The lowest BCUT2D eigenvalue weighted by molar-refractivity contribution is 1.54. The number of anilines is 1. The summed E-state index contributed by atoms with van der Waals surface area (Å²) in [5, 5.41) is 2.03. The molecular formula is C5H6BrNS. The Morgan fingerprint density at radius 3 is 2.50 bits per heavy atom. The number of thiophene rings is 1. The van der Waals surface area contributed by atoms with E-state index in [0.717, 1.165) is 15.0 Å². The van der Waals surface area contributed by atoms with E-state index in [1.807, 2.05) is 12.3 Å². The van der Waals surface area contributed by atoms with E-state index in [4.69, 9.17) is 5.73 Å². The SMILES string of the molecule is Cc1csc(Br)c1N. The fraction of sp³-hybridized carbons (Fsp3) is 0.200. The van der Waals surface area contributed by atoms with Gasteiger partial charge in [-0.3, -0.25) is 0 Å². The average Bonchev–Trinajstić information content (AvgIpc) is 1.98. The van der Waals surface area contributed by atoms with Crippen LogP contribution >= 0.6 is 27.3 Å². The zero-order valence-electron chi connectivity index (χ0n) is 4.44. The number of halogens is 1. The second kappa shape index (κ2) is 2.07. The molecule has 0 unspecified atom stereocenters. The Morgan fingerprint density at radius 2 is 2.38 bits per heavy atom. The summed E-state index contributed by atoms with van der Waals surface area (Å²) in [5.41, 5.74) is 7.59. The Morgan fingerprint density at radius 1 is 1.75 bits per heavy atom. The molecule has 0 bridgehead atoms. The van der Waals surface area contributed by atoms with Gasteiger partial charge in [-0.05, 0) is 33.8 Å². The van der Waals surface area contributed by atoms with Crippen LogP contribution in [0.1, 0.15) is 5.56 Å². The summed E-state index contributed by atoms with van der Waals surface area (Å²) in [7, 11) is 0. The number of hydrogen-bond donors (Lipinski definition) is 1. The second-order valence-electron chi connectivity index (χ2n) is 1.61. The zero-order chi connectivity index (χ0) is 6.15. The van der Waals surface area contributed by atoms with Crippen molar-refractivity contribution in [1.29, 1.82) is 0 Å². The van der Waals surface area contributed by atoms with Crippen LogP contribution in [0.4, 0.5) is 5.69 Å². The summed E-state index contributed by atoms with van der Waals surface area (Å²) < 4.78 is 1.04. The predicted molar refractivity (Wildman–Crippen MR) is 41.2 cm³/mol. The highest BCUT2D eigenvalue weighted by Gasteiger charge is 1.98. The summed E-state index contributed by atoms with van der Waals surface area (Å²) in [4.78, 5) is 0. The van der Waals surface area contributed by atoms with Crippen molar-refractivity contribution in [2.75, 3.05) is 5.73 Å². The minimum atomic E-state index is 0.870. The van der Waals surface area contributed by atoms with Gasteiger partial charge in [0.2, 0.25) is 0 Å². The predicted octanol–water partition coefficient (Wildman–Crippen LogP) is 2.40. The molecule has 0 saturated carbocycles. The molecule has 0 spiro atoms. The van der Waals surface area contributed by atoms with Crippen molar-refractivity contribution in [3.63, 3.8) is 0 Å². The van der Waals surface area contributed by atoms with Crippen LogP contribution in [0.3, 0.4) is 0 Å². The highest BCUT2D eigenvalue weighted by atomic mass is 79.9. The second-order valence-corrected chi connectivity index (χ2v) is 3.80. The van der Waals surface area contributed by atoms with E-state index < -0.39 is 0 Å². The number of rotatable bonds is 0. The maximum absolute atomic E-state index is 5.57. The van der Waals surface area contributed by atoms with Crippen LogP contribution in [0.25, 0.3) is 0 Å². The van der Waals surface area contributed by atoms with Crippen molar-refractivity contribution in [3.05, 3.63) is 14.7 Å². The molecule has 0 aliphatic heterocycles. The van der Waals surface area contributed by atoms with E-state index in [1.54, 1.807) is 11.3 Å². The molecule has 0 fully saturated rings. The fourth-order valence-corrected chi connectivity index (χ4v) is 1.71. The van der Waals surface area contributed by atoms with E-state index >= 15 is 0 Å². The first kappa shape index (κ1) is 6.11. The van der Waals surface area contributed by atoms with Crippen LogP contribution in [0.15, 0.2) is 9.17 Å². The van der Waals surface area contributed by atoms with Gasteiger partial charge >= 0.3 is 0 Å². The topological polar surface area (TPSA) is 26.0 Å². The molecule has 1 aromatic rings. The largest absolute Gasteiger partial charge is 0.397 e. The molecule has 1 heterocycles. The van der Waals surface area contributed by atoms with Gasteiger partial charge in [0.1, 0.15) is 0 Å². The first-order chi connectivity index (χ1) is 3.72. The molecule has 1 aromatic heterocycles. The third-order valence-corrected chi connectivity index (χ3v) is 2.86. The van der Waals surface area contributed by atoms with Crippen LogP contribution in [0.2, 0.25) is 0 Å². The minimum absolute atomic E-state index is 0.870. The highest BCUT2D eigenvalue weighted by molar-refractivity contribution is 9.11. The molecule has 2 N–H and O–H groups in total. The van der Waals surface area contributed by atoms with Gasteiger partial charge in [-0.15, -0.1) is 11.3 Å². The van der Waals surface area contributed by atoms with E-state index in [0.29, 0.717) is 0 Å². The molecule has 8 heavy (non-hydrogen) atoms. The van der Waals surface area contributed by atoms with Crippen molar-refractivity contribution in [2.45, 2.75) is 6.92 Å². The number of nitrogens with two attached hydrogens (primary N) is 1. The maximum Gasteiger partial charge on any atom is 0.0930 e. The van der Waals surface area contributed by atoms with E-state index in [9.17, 15) is 0 Å². The Bertz CT molecular complexity index is 175. The summed E-state index contributed by atoms with van der Waals surface area (Å²) in [5.74, 6) is 0. The molecule has 1 nitrogen and oxygen atoms in total. The third kappa shape index (κ3) is 0.880. The van der Waals surface area contributed by atoms with Gasteiger partial charge in [-0.1, -0.05) is 0 Å². The quantitative estimate of drug-likeness (QED) is 0.671. The lowest BCUT2D eigenvalue weighted by Crippen LogP contribution is -1.82. The zero-order valence-corrected chi connectivity index (χ0v) is 6.84.